The van der Waals surface area contributed by atoms with Crippen molar-refractivity contribution in [3.63, 3.8) is 0 Å². The van der Waals surface area contributed by atoms with Crippen LogP contribution in [0.3, 0.4) is 0 Å². The van der Waals surface area contributed by atoms with Crippen LogP contribution in [0.1, 0.15) is 22.1 Å². The Balaban J connectivity index is 2.17. The van der Waals surface area contributed by atoms with E-state index in [2.05, 4.69) is 17.7 Å². The van der Waals surface area contributed by atoms with Crippen LogP contribution in [-0.4, -0.2) is 9.13 Å². The van der Waals surface area contributed by atoms with Gasteiger partial charge in [-0.15, -0.1) is 11.6 Å². The highest BCUT2D eigenvalue weighted by Crippen LogP contribution is 2.34. The second-order valence-corrected chi connectivity index (χ2v) is 6.20. The summed E-state index contributed by atoms with van der Waals surface area (Å²) in [5, 5.41) is 4.00. The van der Waals surface area contributed by atoms with Gasteiger partial charge in [-0.05, 0) is 46.5 Å². The Kier molecular flexibility index (Phi) is 3.22. The zero-order chi connectivity index (χ0) is 14.4. The molecule has 3 aromatic rings. The summed E-state index contributed by atoms with van der Waals surface area (Å²) in [5.74, 6) is 0. The molecule has 0 aliphatic rings. The van der Waals surface area contributed by atoms with Gasteiger partial charge in [-0.1, -0.05) is 6.07 Å². The van der Waals surface area contributed by atoms with Gasteiger partial charge in [0, 0.05) is 14.1 Å². The maximum absolute atomic E-state index is 11.9. The number of rotatable bonds is 2. The highest BCUT2D eigenvalue weighted by molar-refractivity contribution is 7.08. The Labute approximate surface area is 126 Å². The molecule has 0 saturated carbocycles. The number of nitrogens with zero attached hydrogens (tertiary/aromatic N) is 2. The Morgan fingerprint density at radius 1 is 1.15 bits per heavy atom. The average Bonchev–Trinajstić information content (AvgIpc) is 2.97. The van der Waals surface area contributed by atoms with Crippen LogP contribution in [0, 0.1) is 6.92 Å². The van der Waals surface area contributed by atoms with E-state index in [4.69, 9.17) is 11.6 Å². The zero-order valence-electron chi connectivity index (χ0n) is 11.6. The fourth-order valence-electron chi connectivity index (χ4n) is 2.49. The van der Waals surface area contributed by atoms with Crippen molar-refractivity contribution in [1.29, 1.82) is 0 Å². The maximum atomic E-state index is 11.9. The number of thiophene rings is 1. The Morgan fingerprint density at radius 2 is 1.85 bits per heavy atom. The second-order valence-electron chi connectivity index (χ2n) is 5.02. The number of benzene rings is 1. The number of imidazole rings is 1. The minimum atomic E-state index is -0.180. The number of halogens is 1. The minimum absolute atomic E-state index is 0.0185. The first-order valence-electron chi connectivity index (χ1n) is 6.33. The molecule has 0 aliphatic heterocycles. The highest BCUT2D eigenvalue weighted by Gasteiger charge is 2.16. The van der Waals surface area contributed by atoms with E-state index in [1.165, 1.54) is 5.56 Å². The monoisotopic (exact) mass is 306 g/mol. The first kappa shape index (κ1) is 13.5. The number of aromatic nitrogens is 2. The molecule has 0 bridgehead atoms. The van der Waals surface area contributed by atoms with Crippen LogP contribution in [0.15, 0.2) is 33.8 Å². The summed E-state index contributed by atoms with van der Waals surface area (Å²) in [5.41, 5.74) is 5.17. The van der Waals surface area contributed by atoms with Gasteiger partial charge >= 0.3 is 5.69 Å². The van der Waals surface area contributed by atoms with Crippen molar-refractivity contribution in [3.8, 4) is 0 Å². The third-order valence-corrected chi connectivity index (χ3v) is 5.12. The predicted molar refractivity (Wildman–Crippen MR) is 84.9 cm³/mol. The van der Waals surface area contributed by atoms with Gasteiger partial charge in [-0.2, -0.15) is 11.3 Å². The molecule has 2 aromatic heterocycles. The van der Waals surface area contributed by atoms with Crippen LogP contribution in [-0.2, 0) is 14.1 Å². The van der Waals surface area contributed by atoms with Gasteiger partial charge in [0.1, 0.15) is 0 Å². The summed E-state index contributed by atoms with van der Waals surface area (Å²) in [6.45, 7) is 2.07. The van der Waals surface area contributed by atoms with Crippen molar-refractivity contribution in [3.05, 3.63) is 56.1 Å². The molecular formula is C15H15ClN2OS. The zero-order valence-corrected chi connectivity index (χ0v) is 13.1. The van der Waals surface area contributed by atoms with Gasteiger partial charge in [-0.25, -0.2) is 4.79 Å². The smallest absolute Gasteiger partial charge is 0.295 e. The maximum Gasteiger partial charge on any atom is 0.328 e. The Bertz CT molecular complexity index is 843. The highest BCUT2D eigenvalue weighted by atomic mass is 35.5. The summed E-state index contributed by atoms with van der Waals surface area (Å²) in [6, 6.07) is 5.96. The SMILES string of the molecule is Cc1cscc1C(Cl)c1ccc2c(c1)n(C)c(=O)n2C. The van der Waals surface area contributed by atoms with Gasteiger partial charge in [-0.3, -0.25) is 9.13 Å². The first-order chi connectivity index (χ1) is 9.50. The van der Waals surface area contributed by atoms with Gasteiger partial charge in [0.05, 0.1) is 16.4 Å². The molecule has 3 rings (SSSR count). The molecule has 0 N–H and O–H groups in total. The fraction of sp³-hybridized carbons (Fsp3) is 0.267. The average molecular weight is 307 g/mol. The molecule has 2 heterocycles. The Morgan fingerprint density at radius 3 is 2.50 bits per heavy atom. The standard InChI is InChI=1S/C15H15ClN2OS/c1-9-7-20-8-11(9)14(16)10-4-5-12-13(6-10)18(3)15(19)17(12)2/h4-8,14H,1-3H3. The lowest BCUT2D eigenvalue weighted by atomic mass is 10.0. The number of fused-ring (bicyclic) bond motifs is 1. The van der Waals surface area contributed by atoms with Crippen LogP contribution >= 0.6 is 22.9 Å². The fourth-order valence-corrected chi connectivity index (χ4v) is 3.81. The molecule has 0 amide bonds. The molecule has 0 saturated heterocycles. The van der Waals surface area contributed by atoms with Crippen molar-refractivity contribution < 1.29 is 0 Å². The van der Waals surface area contributed by atoms with Crippen LogP contribution in [0.5, 0.6) is 0 Å². The van der Waals surface area contributed by atoms with E-state index >= 15 is 0 Å². The third kappa shape index (κ3) is 1.91. The lowest BCUT2D eigenvalue weighted by molar-refractivity contribution is 0.795. The normalized spacial score (nSPS) is 13.0. The van der Waals surface area contributed by atoms with E-state index in [1.807, 2.05) is 18.2 Å². The summed E-state index contributed by atoms with van der Waals surface area (Å²) in [7, 11) is 3.57. The van der Waals surface area contributed by atoms with Crippen molar-refractivity contribution in [1.82, 2.24) is 9.13 Å². The lowest BCUT2D eigenvalue weighted by Crippen LogP contribution is -2.19. The molecule has 0 radical (unpaired) electrons. The van der Waals surface area contributed by atoms with Crippen LogP contribution in [0.25, 0.3) is 11.0 Å². The van der Waals surface area contributed by atoms with E-state index < -0.39 is 0 Å². The van der Waals surface area contributed by atoms with Crippen molar-refractivity contribution in [2.45, 2.75) is 12.3 Å². The van der Waals surface area contributed by atoms with Crippen LogP contribution in [0.4, 0.5) is 0 Å². The van der Waals surface area contributed by atoms with E-state index in [1.54, 1.807) is 34.6 Å². The van der Waals surface area contributed by atoms with Crippen molar-refractivity contribution in [2.75, 3.05) is 0 Å². The molecule has 5 heteroatoms. The molecular weight excluding hydrogens is 292 g/mol. The molecule has 1 atom stereocenters. The van der Waals surface area contributed by atoms with Crippen molar-refractivity contribution >= 4 is 34.0 Å². The van der Waals surface area contributed by atoms with Crippen molar-refractivity contribution in [2.24, 2.45) is 14.1 Å². The van der Waals surface area contributed by atoms with E-state index in [9.17, 15) is 4.79 Å². The van der Waals surface area contributed by atoms with E-state index in [0.717, 1.165) is 22.2 Å². The molecule has 3 nitrogen and oxygen atoms in total. The largest absolute Gasteiger partial charge is 0.328 e. The van der Waals surface area contributed by atoms with Gasteiger partial charge in [0.15, 0.2) is 0 Å². The molecule has 20 heavy (non-hydrogen) atoms. The summed E-state index contributed by atoms with van der Waals surface area (Å²) in [4.78, 5) is 11.9. The summed E-state index contributed by atoms with van der Waals surface area (Å²) < 4.78 is 3.31. The van der Waals surface area contributed by atoms with Crippen LogP contribution < -0.4 is 5.69 Å². The quantitative estimate of drug-likeness (QED) is 0.665. The molecule has 104 valence electrons. The predicted octanol–water partition coefficient (Wildman–Crippen LogP) is 3.58. The topological polar surface area (TPSA) is 26.9 Å². The molecule has 0 fully saturated rings. The van der Waals surface area contributed by atoms with Gasteiger partial charge < -0.3 is 0 Å². The number of alkyl halides is 1. The van der Waals surface area contributed by atoms with Gasteiger partial charge in [0.2, 0.25) is 0 Å². The Hall–Kier alpha value is -1.52. The third-order valence-electron chi connectivity index (χ3n) is 3.76. The van der Waals surface area contributed by atoms with Gasteiger partial charge in [0.25, 0.3) is 0 Å². The number of aryl methyl sites for hydroxylation is 3. The molecule has 1 unspecified atom stereocenters. The number of hydrogen-bond donors (Lipinski definition) is 0. The molecule has 1 aromatic carbocycles. The summed E-state index contributed by atoms with van der Waals surface area (Å²) >= 11 is 8.25. The molecule has 0 aliphatic carbocycles. The lowest BCUT2D eigenvalue weighted by Gasteiger charge is -2.10. The minimum Gasteiger partial charge on any atom is -0.295 e. The van der Waals surface area contributed by atoms with Crippen LogP contribution in [0.2, 0.25) is 0 Å². The first-order valence-corrected chi connectivity index (χ1v) is 7.70. The summed E-state index contributed by atoms with van der Waals surface area (Å²) in [6.07, 6.45) is 0. The number of hydrogen-bond acceptors (Lipinski definition) is 2. The second kappa shape index (κ2) is 4.79. The molecule has 0 spiro atoms. The van der Waals surface area contributed by atoms with E-state index in [0.29, 0.717) is 0 Å². The van der Waals surface area contributed by atoms with E-state index in [-0.39, 0.29) is 11.1 Å².